The molecular weight excluding hydrogens is 503 g/mol. The SMILES string of the molecule is CCNC(=NCCNC(=O)c1ccc(O)cc1)NC(C)c1cccc2ccccc12.I. The number of hydrogen-bond acceptors (Lipinski definition) is 3. The minimum atomic E-state index is -0.188. The molecule has 164 valence electrons. The molecule has 1 amide bonds. The first-order valence-corrected chi connectivity index (χ1v) is 10.2. The molecule has 1 atom stereocenters. The fourth-order valence-electron chi connectivity index (χ4n) is 3.28. The molecule has 0 spiro atoms. The molecule has 6 nitrogen and oxygen atoms in total. The molecule has 0 saturated heterocycles. The van der Waals surface area contributed by atoms with E-state index in [1.807, 2.05) is 13.0 Å². The van der Waals surface area contributed by atoms with Crippen LogP contribution in [-0.4, -0.2) is 36.6 Å². The van der Waals surface area contributed by atoms with Gasteiger partial charge in [-0.3, -0.25) is 9.79 Å². The van der Waals surface area contributed by atoms with E-state index in [2.05, 4.69) is 64.3 Å². The summed E-state index contributed by atoms with van der Waals surface area (Å²) in [6.07, 6.45) is 0. The zero-order valence-electron chi connectivity index (χ0n) is 17.8. The maximum Gasteiger partial charge on any atom is 0.251 e. The fourth-order valence-corrected chi connectivity index (χ4v) is 3.28. The van der Waals surface area contributed by atoms with Crippen molar-refractivity contribution in [3.05, 3.63) is 77.9 Å². The lowest BCUT2D eigenvalue weighted by Crippen LogP contribution is -2.39. The summed E-state index contributed by atoms with van der Waals surface area (Å²) in [6.45, 7) is 5.74. The van der Waals surface area contributed by atoms with Gasteiger partial charge in [-0.1, -0.05) is 42.5 Å². The molecule has 0 aliphatic heterocycles. The van der Waals surface area contributed by atoms with Crippen molar-refractivity contribution >= 4 is 46.6 Å². The monoisotopic (exact) mass is 532 g/mol. The molecule has 0 aliphatic rings. The maximum absolute atomic E-state index is 12.1. The van der Waals surface area contributed by atoms with Crippen LogP contribution in [0.15, 0.2) is 71.7 Å². The van der Waals surface area contributed by atoms with Gasteiger partial charge in [-0.15, -0.1) is 24.0 Å². The number of carbonyl (C=O) groups excluding carboxylic acids is 1. The van der Waals surface area contributed by atoms with Gasteiger partial charge in [0.1, 0.15) is 5.75 Å². The number of aliphatic imine (C=N–C) groups is 1. The van der Waals surface area contributed by atoms with Crippen molar-refractivity contribution in [2.75, 3.05) is 19.6 Å². The number of halogens is 1. The molecule has 1 unspecified atom stereocenters. The summed E-state index contributed by atoms with van der Waals surface area (Å²) in [5.41, 5.74) is 1.71. The van der Waals surface area contributed by atoms with Crippen LogP contribution in [0.3, 0.4) is 0 Å². The van der Waals surface area contributed by atoms with Crippen molar-refractivity contribution in [2.45, 2.75) is 19.9 Å². The van der Waals surface area contributed by atoms with Gasteiger partial charge in [-0.05, 0) is 54.4 Å². The first kappa shape index (κ1) is 24.5. The maximum atomic E-state index is 12.1. The molecule has 0 heterocycles. The van der Waals surface area contributed by atoms with Gasteiger partial charge in [0.2, 0.25) is 0 Å². The van der Waals surface area contributed by atoms with Crippen LogP contribution in [0.1, 0.15) is 35.8 Å². The first-order valence-electron chi connectivity index (χ1n) is 10.2. The minimum Gasteiger partial charge on any atom is -0.508 e. The van der Waals surface area contributed by atoms with Crippen LogP contribution >= 0.6 is 24.0 Å². The van der Waals surface area contributed by atoms with Crippen LogP contribution in [0.4, 0.5) is 0 Å². The number of amides is 1. The Balaban J connectivity index is 0.00000341. The summed E-state index contributed by atoms with van der Waals surface area (Å²) in [5.74, 6) is 0.655. The van der Waals surface area contributed by atoms with Crippen molar-refractivity contribution in [1.29, 1.82) is 0 Å². The largest absolute Gasteiger partial charge is 0.508 e. The highest BCUT2D eigenvalue weighted by Crippen LogP contribution is 2.23. The average molecular weight is 532 g/mol. The van der Waals surface area contributed by atoms with E-state index in [0.29, 0.717) is 24.6 Å². The number of nitrogens with one attached hydrogen (secondary N) is 3. The predicted molar refractivity (Wildman–Crippen MR) is 137 cm³/mol. The highest BCUT2D eigenvalue weighted by molar-refractivity contribution is 14.0. The zero-order chi connectivity index (χ0) is 21.3. The molecule has 0 aromatic heterocycles. The average Bonchev–Trinajstić information content (AvgIpc) is 2.76. The Bertz CT molecular complexity index is 1020. The number of benzene rings is 3. The van der Waals surface area contributed by atoms with E-state index < -0.39 is 0 Å². The molecule has 0 fully saturated rings. The van der Waals surface area contributed by atoms with Gasteiger partial charge < -0.3 is 21.1 Å². The lowest BCUT2D eigenvalue weighted by molar-refractivity contribution is 0.0955. The number of guanidine groups is 1. The summed E-state index contributed by atoms with van der Waals surface area (Å²) in [6, 6.07) is 20.9. The van der Waals surface area contributed by atoms with Crippen molar-refractivity contribution in [1.82, 2.24) is 16.0 Å². The van der Waals surface area contributed by atoms with E-state index in [1.54, 1.807) is 12.1 Å². The highest BCUT2D eigenvalue weighted by Gasteiger charge is 2.11. The third-order valence-electron chi connectivity index (χ3n) is 4.78. The summed E-state index contributed by atoms with van der Waals surface area (Å²) in [5, 5.41) is 21.3. The van der Waals surface area contributed by atoms with Crippen LogP contribution in [0.25, 0.3) is 10.8 Å². The van der Waals surface area contributed by atoms with Gasteiger partial charge in [0.05, 0.1) is 12.6 Å². The molecule has 0 radical (unpaired) electrons. The van der Waals surface area contributed by atoms with Gasteiger partial charge in [-0.2, -0.15) is 0 Å². The van der Waals surface area contributed by atoms with Crippen LogP contribution in [0.2, 0.25) is 0 Å². The summed E-state index contributed by atoms with van der Waals surface area (Å²) in [4.78, 5) is 16.7. The number of fused-ring (bicyclic) bond motifs is 1. The van der Waals surface area contributed by atoms with Crippen molar-refractivity contribution in [3.63, 3.8) is 0 Å². The van der Waals surface area contributed by atoms with E-state index in [4.69, 9.17) is 0 Å². The summed E-state index contributed by atoms with van der Waals surface area (Å²) in [7, 11) is 0. The number of phenols is 1. The van der Waals surface area contributed by atoms with Gasteiger partial charge in [0.25, 0.3) is 5.91 Å². The Morgan fingerprint density at radius 1 is 1.00 bits per heavy atom. The van der Waals surface area contributed by atoms with Crippen LogP contribution in [0, 0.1) is 0 Å². The third-order valence-corrected chi connectivity index (χ3v) is 4.78. The second-order valence-corrected chi connectivity index (χ2v) is 7.00. The number of phenolic OH excluding ortho intramolecular Hbond substituents is 1. The quantitative estimate of drug-likeness (QED) is 0.159. The van der Waals surface area contributed by atoms with E-state index in [0.717, 1.165) is 6.54 Å². The molecule has 31 heavy (non-hydrogen) atoms. The molecule has 3 aromatic carbocycles. The van der Waals surface area contributed by atoms with Crippen LogP contribution in [-0.2, 0) is 0 Å². The first-order chi connectivity index (χ1) is 14.6. The predicted octanol–water partition coefficient (Wildman–Crippen LogP) is 4.21. The number of nitrogens with zero attached hydrogens (tertiary/aromatic N) is 1. The minimum absolute atomic E-state index is 0. The smallest absolute Gasteiger partial charge is 0.251 e. The van der Waals surface area contributed by atoms with Crippen LogP contribution in [0.5, 0.6) is 5.75 Å². The molecule has 0 saturated carbocycles. The number of aromatic hydroxyl groups is 1. The van der Waals surface area contributed by atoms with Gasteiger partial charge in [0, 0.05) is 18.7 Å². The second kappa shape index (κ2) is 12.1. The van der Waals surface area contributed by atoms with Crippen molar-refractivity contribution in [3.8, 4) is 5.75 Å². The van der Waals surface area contributed by atoms with E-state index in [1.165, 1.54) is 28.5 Å². The Hall–Kier alpha value is -2.81. The van der Waals surface area contributed by atoms with Gasteiger partial charge in [0.15, 0.2) is 5.96 Å². The normalized spacial score (nSPS) is 12.0. The number of hydrogen-bond donors (Lipinski definition) is 4. The van der Waals surface area contributed by atoms with Gasteiger partial charge >= 0.3 is 0 Å². The van der Waals surface area contributed by atoms with Crippen molar-refractivity contribution < 1.29 is 9.90 Å². The molecular formula is C24H29IN4O2. The number of carbonyl (C=O) groups is 1. The lowest BCUT2D eigenvalue weighted by Gasteiger charge is -2.20. The van der Waals surface area contributed by atoms with Crippen molar-refractivity contribution in [2.24, 2.45) is 4.99 Å². The fraction of sp³-hybridized carbons (Fsp3) is 0.250. The third kappa shape index (κ3) is 6.85. The molecule has 3 aromatic rings. The standard InChI is InChI=1S/C24H28N4O2.HI/c1-3-25-24(27-16-15-26-23(30)19-11-13-20(29)14-12-19)28-17(2)21-10-6-8-18-7-4-5-9-22(18)21;/h4-14,17,29H,3,15-16H2,1-2H3,(H,26,30)(H2,25,27,28);1H. The van der Waals surface area contributed by atoms with E-state index in [-0.39, 0.29) is 41.7 Å². The zero-order valence-corrected chi connectivity index (χ0v) is 20.1. The Morgan fingerprint density at radius 3 is 2.45 bits per heavy atom. The summed E-state index contributed by atoms with van der Waals surface area (Å²) >= 11 is 0. The Kier molecular flexibility index (Phi) is 9.58. The Labute approximate surface area is 200 Å². The number of rotatable bonds is 7. The lowest BCUT2D eigenvalue weighted by atomic mass is 10.00. The van der Waals surface area contributed by atoms with Gasteiger partial charge in [-0.25, -0.2) is 0 Å². The molecule has 3 rings (SSSR count). The topological polar surface area (TPSA) is 85.8 Å². The van der Waals surface area contributed by atoms with Crippen LogP contribution < -0.4 is 16.0 Å². The molecule has 0 bridgehead atoms. The second-order valence-electron chi connectivity index (χ2n) is 7.00. The Morgan fingerprint density at radius 2 is 1.71 bits per heavy atom. The van der Waals surface area contributed by atoms with E-state index in [9.17, 15) is 9.90 Å². The molecule has 7 heteroatoms. The molecule has 0 aliphatic carbocycles. The summed E-state index contributed by atoms with van der Waals surface area (Å²) < 4.78 is 0. The molecule has 4 N–H and O–H groups in total. The highest BCUT2D eigenvalue weighted by atomic mass is 127. The van der Waals surface area contributed by atoms with E-state index >= 15 is 0 Å².